The first-order valence-electron chi connectivity index (χ1n) is 11.5. The Bertz CT molecular complexity index is 1640. The summed E-state index contributed by atoms with van der Waals surface area (Å²) < 4.78 is 43.4. The summed E-state index contributed by atoms with van der Waals surface area (Å²) in [7, 11) is -2.20. The number of carbonyl (C=O) groups excluding carboxylic acids is 1. The summed E-state index contributed by atoms with van der Waals surface area (Å²) in [6.45, 7) is -0.0537. The highest BCUT2D eigenvalue weighted by Crippen LogP contribution is 2.46. The Hall–Kier alpha value is -2.95. The lowest BCUT2D eigenvalue weighted by atomic mass is 10.0. The minimum absolute atomic E-state index is 0.0537. The molecule has 5 rings (SSSR count). The molecule has 2 aromatic carbocycles. The third-order valence-electron chi connectivity index (χ3n) is 6.35. The number of carbonyl (C=O) groups is 1. The van der Waals surface area contributed by atoms with Gasteiger partial charge in [-0.05, 0) is 76.1 Å². The van der Waals surface area contributed by atoms with Crippen molar-refractivity contribution in [2.45, 2.75) is 25.3 Å². The molecule has 192 valence electrons. The van der Waals surface area contributed by atoms with Crippen molar-refractivity contribution in [2.24, 2.45) is 0 Å². The summed E-state index contributed by atoms with van der Waals surface area (Å²) in [5.74, 6) is -0.629. The highest BCUT2D eigenvalue weighted by Gasteiger charge is 2.33. The highest BCUT2D eigenvalue weighted by atomic mass is 79.9. The second kappa shape index (κ2) is 9.74. The number of amides is 1. The smallest absolute Gasteiger partial charge is 0.255 e. The maximum Gasteiger partial charge on any atom is 0.255 e. The summed E-state index contributed by atoms with van der Waals surface area (Å²) in [6.07, 6.45) is 4.58. The van der Waals surface area contributed by atoms with Crippen LogP contribution in [0.1, 0.15) is 40.2 Å². The van der Waals surface area contributed by atoms with Gasteiger partial charge < -0.3 is 5.32 Å². The fourth-order valence-electron chi connectivity index (χ4n) is 4.37. The molecule has 2 aromatic heterocycles. The minimum atomic E-state index is -3.75. The van der Waals surface area contributed by atoms with Gasteiger partial charge in [0.1, 0.15) is 11.5 Å². The van der Waals surface area contributed by atoms with Gasteiger partial charge in [-0.3, -0.25) is 9.10 Å². The SMILES string of the molecule is CNC(=O)c1c(-c2ccc(Cl)cc2)nn2cc(N(Cc3ccc(Br)c(F)c3)S(C)(=O)=O)c(C3CC3)cc12. The van der Waals surface area contributed by atoms with Gasteiger partial charge >= 0.3 is 0 Å². The Morgan fingerprint density at radius 2 is 1.92 bits per heavy atom. The second-order valence-corrected chi connectivity index (χ2v) is 12.2. The zero-order chi connectivity index (χ0) is 26.5. The van der Waals surface area contributed by atoms with Gasteiger partial charge in [0.05, 0.1) is 40.2 Å². The van der Waals surface area contributed by atoms with E-state index in [1.54, 1.807) is 49.6 Å². The van der Waals surface area contributed by atoms with Gasteiger partial charge in [0.25, 0.3) is 5.91 Å². The van der Waals surface area contributed by atoms with Crippen LogP contribution in [0, 0.1) is 5.82 Å². The average Bonchev–Trinajstić information content (AvgIpc) is 3.63. The van der Waals surface area contributed by atoms with E-state index in [1.807, 2.05) is 6.07 Å². The molecule has 4 aromatic rings. The maximum absolute atomic E-state index is 14.2. The van der Waals surface area contributed by atoms with Crippen LogP contribution in [0.4, 0.5) is 10.1 Å². The van der Waals surface area contributed by atoms with E-state index in [9.17, 15) is 17.6 Å². The molecule has 1 saturated carbocycles. The van der Waals surface area contributed by atoms with Crippen LogP contribution in [0.15, 0.2) is 59.2 Å². The van der Waals surface area contributed by atoms with Crippen LogP contribution in [-0.2, 0) is 16.6 Å². The van der Waals surface area contributed by atoms with E-state index in [0.29, 0.717) is 43.1 Å². The van der Waals surface area contributed by atoms with Crippen LogP contribution in [0.5, 0.6) is 0 Å². The van der Waals surface area contributed by atoms with Crippen molar-refractivity contribution in [3.05, 3.63) is 86.7 Å². The number of anilines is 1. The molecular weight excluding hydrogens is 583 g/mol. The number of nitrogens with zero attached hydrogens (tertiary/aromatic N) is 3. The van der Waals surface area contributed by atoms with Crippen molar-refractivity contribution >= 4 is 54.7 Å². The predicted molar refractivity (Wildman–Crippen MR) is 146 cm³/mol. The Labute approximate surface area is 227 Å². The molecule has 0 unspecified atom stereocenters. The molecule has 1 amide bonds. The Morgan fingerprint density at radius 3 is 2.51 bits per heavy atom. The largest absolute Gasteiger partial charge is 0.355 e. The summed E-state index contributed by atoms with van der Waals surface area (Å²) in [6, 6.07) is 13.4. The lowest BCUT2D eigenvalue weighted by molar-refractivity contribution is 0.0965. The molecule has 1 fully saturated rings. The maximum atomic E-state index is 14.2. The van der Waals surface area contributed by atoms with E-state index in [2.05, 4.69) is 26.3 Å². The predicted octanol–water partition coefficient (Wildman–Crippen LogP) is 5.76. The number of hydrogen-bond donors (Lipinski definition) is 1. The van der Waals surface area contributed by atoms with Crippen LogP contribution < -0.4 is 9.62 Å². The first-order chi connectivity index (χ1) is 17.6. The number of rotatable bonds is 7. The van der Waals surface area contributed by atoms with Crippen molar-refractivity contribution in [3.8, 4) is 11.3 Å². The fourth-order valence-corrected chi connectivity index (χ4v) is 5.64. The standard InChI is InChI=1S/C26H23BrClFN4O3S/c1-30-26(34)24-22-12-19(16-4-5-16)23(14-32(22)31-25(24)17-6-8-18(28)9-7-17)33(37(2,35)36)13-15-3-10-20(27)21(29)11-15/h3,6-12,14,16H,4-5,13H2,1-2H3,(H,30,34). The average molecular weight is 606 g/mol. The molecule has 0 spiro atoms. The quantitative estimate of drug-likeness (QED) is 0.290. The van der Waals surface area contributed by atoms with E-state index in [0.717, 1.165) is 24.7 Å². The van der Waals surface area contributed by atoms with Gasteiger partial charge in [-0.1, -0.05) is 29.8 Å². The number of sulfonamides is 1. The van der Waals surface area contributed by atoms with Crippen molar-refractivity contribution in [2.75, 3.05) is 17.6 Å². The number of pyridine rings is 1. The molecule has 1 aliphatic rings. The minimum Gasteiger partial charge on any atom is -0.355 e. The molecule has 37 heavy (non-hydrogen) atoms. The van der Waals surface area contributed by atoms with E-state index in [4.69, 9.17) is 11.6 Å². The van der Waals surface area contributed by atoms with Crippen LogP contribution in [0.2, 0.25) is 5.02 Å². The molecule has 1 aliphatic carbocycles. The summed E-state index contributed by atoms with van der Waals surface area (Å²) >= 11 is 9.20. The molecule has 7 nitrogen and oxygen atoms in total. The van der Waals surface area contributed by atoms with Gasteiger partial charge in [0.15, 0.2) is 0 Å². The van der Waals surface area contributed by atoms with E-state index < -0.39 is 15.8 Å². The van der Waals surface area contributed by atoms with Gasteiger partial charge in [-0.15, -0.1) is 0 Å². The Kier molecular flexibility index (Phi) is 6.76. The number of halogens is 3. The number of hydrogen-bond acceptors (Lipinski definition) is 4. The van der Waals surface area contributed by atoms with Gasteiger partial charge in [0, 0.05) is 17.6 Å². The fraction of sp³-hybridized carbons (Fsp3) is 0.231. The normalized spacial score (nSPS) is 13.6. The van der Waals surface area contributed by atoms with Crippen LogP contribution in [0.3, 0.4) is 0 Å². The lowest BCUT2D eigenvalue weighted by Gasteiger charge is -2.25. The molecular formula is C26H23BrClFN4O3S. The molecule has 0 atom stereocenters. The zero-order valence-corrected chi connectivity index (χ0v) is 23.2. The van der Waals surface area contributed by atoms with Crippen LogP contribution in [-0.4, -0.2) is 37.2 Å². The Morgan fingerprint density at radius 1 is 1.22 bits per heavy atom. The molecule has 0 aliphatic heterocycles. The van der Waals surface area contributed by atoms with E-state index >= 15 is 0 Å². The Balaban J connectivity index is 1.72. The van der Waals surface area contributed by atoms with Gasteiger partial charge in [0.2, 0.25) is 10.0 Å². The number of aromatic nitrogens is 2. The van der Waals surface area contributed by atoms with Crippen LogP contribution >= 0.6 is 27.5 Å². The van der Waals surface area contributed by atoms with Crippen molar-refractivity contribution < 1.29 is 17.6 Å². The van der Waals surface area contributed by atoms with Crippen LogP contribution in [0.25, 0.3) is 16.8 Å². The third kappa shape index (κ3) is 5.10. The highest BCUT2D eigenvalue weighted by molar-refractivity contribution is 9.10. The van der Waals surface area contributed by atoms with E-state index in [1.165, 1.54) is 14.9 Å². The van der Waals surface area contributed by atoms with Crippen molar-refractivity contribution in [1.29, 1.82) is 0 Å². The first kappa shape index (κ1) is 25.7. The second-order valence-electron chi connectivity index (χ2n) is 9.05. The van der Waals surface area contributed by atoms with E-state index in [-0.39, 0.29) is 18.4 Å². The molecule has 0 radical (unpaired) electrons. The first-order valence-corrected chi connectivity index (χ1v) is 14.5. The van der Waals surface area contributed by atoms with Crippen molar-refractivity contribution in [1.82, 2.24) is 14.9 Å². The summed E-state index contributed by atoms with van der Waals surface area (Å²) in [4.78, 5) is 13.0. The number of benzene rings is 2. The monoisotopic (exact) mass is 604 g/mol. The zero-order valence-electron chi connectivity index (χ0n) is 20.0. The third-order valence-corrected chi connectivity index (χ3v) is 8.37. The number of nitrogens with one attached hydrogen (secondary N) is 1. The lowest BCUT2D eigenvalue weighted by Crippen LogP contribution is -2.30. The summed E-state index contributed by atoms with van der Waals surface area (Å²) in [5, 5.41) is 7.93. The topological polar surface area (TPSA) is 83.8 Å². The molecule has 0 bridgehead atoms. The van der Waals surface area contributed by atoms with Gasteiger partial charge in [-0.25, -0.2) is 17.3 Å². The molecule has 0 saturated heterocycles. The van der Waals surface area contributed by atoms with Crippen molar-refractivity contribution in [3.63, 3.8) is 0 Å². The molecule has 11 heteroatoms. The van der Waals surface area contributed by atoms with Gasteiger partial charge in [-0.2, -0.15) is 5.10 Å². The summed E-state index contributed by atoms with van der Waals surface area (Å²) in [5.41, 5.74) is 3.87. The molecule has 1 N–H and O–H groups in total. The number of fused-ring (bicyclic) bond motifs is 1. The molecule has 2 heterocycles.